The summed E-state index contributed by atoms with van der Waals surface area (Å²) >= 11 is 0. The lowest BCUT2D eigenvalue weighted by Gasteiger charge is -2.20. The molecule has 0 aromatic heterocycles. The zero-order valence-electron chi connectivity index (χ0n) is 18.1. The molecule has 5 rings (SSSR count). The van der Waals surface area contributed by atoms with E-state index in [-0.39, 0.29) is 17.6 Å². The van der Waals surface area contributed by atoms with Crippen molar-refractivity contribution in [2.45, 2.75) is 101 Å². The zero-order chi connectivity index (χ0) is 20.5. The lowest BCUT2D eigenvalue weighted by molar-refractivity contribution is 0.0981. The molecule has 1 aromatic rings. The summed E-state index contributed by atoms with van der Waals surface area (Å²) < 4.78 is 0. The fourth-order valence-electron chi connectivity index (χ4n) is 6.10. The van der Waals surface area contributed by atoms with Gasteiger partial charge in [0.15, 0.2) is 11.6 Å². The molecule has 0 amide bonds. The van der Waals surface area contributed by atoms with E-state index in [0.29, 0.717) is 35.7 Å². The number of nitrogens with one attached hydrogen (secondary N) is 2. The summed E-state index contributed by atoms with van der Waals surface area (Å²) in [4.78, 5) is 25.8. The van der Waals surface area contributed by atoms with Gasteiger partial charge in [-0.25, -0.2) is 0 Å². The third kappa shape index (κ3) is 4.70. The summed E-state index contributed by atoms with van der Waals surface area (Å²) in [6.07, 6.45) is 15.0. The van der Waals surface area contributed by atoms with Crippen LogP contribution in [0.5, 0.6) is 0 Å². The van der Waals surface area contributed by atoms with Crippen LogP contribution in [0.15, 0.2) is 24.3 Å². The largest absolute Gasteiger partial charge is 0.307 e. The molecule has 4 fully saturated rings. The van der Waals surface area contributed by atoms with Crippen molar-refractivity contribution >= 4 is 11.6 Å². The first-order chi connectivity index (χ1) is 14.7. The van der Waals surface area contributed by atoms with Gasteiger partial charge in [0.2, 0.25) is 0 Å². The molecule has 1 aromatic carbocycles. The Morgan fingerprint density at radius 3 is 2.30 bits per heavy atom. The number of Topliss-reactive ketones (excluding diaryl/α,β-unsaturated/α-hetero) is 2. The van der Waals surface area contributed by atoms with E-state index in [1.165, 1.54) is 64.2 Å². The maximum atomic E-state index is 12.9. The van der Waals surface area contributed by atoms with Gasteiger partial charge >= 0.3 is 0 Å². The molecule has 2 saturated heterocycles. The normalized spacial score (nSPS) is 32.0. The molecule has 162 valence electrons. The third-order valence-corrected chi connectivity index (χ3v) is 8.04. The minimum atomic E-state index is -0.0435. The van der Waals surface area contributed by atoms with E-state index in [9.17, 15) is 9.59 Å². The van der Waals surface area contributed by atoms with Crippen LogP contribution in [-0.2, 0) is 0 Å². The number of hydrogen-bond acceptors (Lipinski definition) is 4. The number of hydrogen-bond donors (Lipinski definition) is 2. The number of carbonyl (C=O) groups is 2. The summed E-state index contributed by atoms with van der Waals surface area (Å²) in [5.74, 6) is 1.87. The van der Waals surface area contributed by atoms with E-state index in [1.807, 2.05) is 24.3 Å². The lowest BCUT2D eigenvalue weighted by Crippen LogP contribution is -2.17. The maximum absolute atomic E-state index is 12.9. The Labute approximate surface area is 180 Å². The van der Waals surface area contributed by atoms with Crippen molar-refractivity contribution in [1.29, 1.82) is 0 Å². The van der Waals surface area contributed by atoms with Crippen LogP contribution in [0.1, 0.15) is 97.8 Å². The average molecular weight is 409 g/mol. The van der Waals surface area contributed by atoms with E-state index in [2.05, 4.69) is 10.6 Å². The predicted octanol–water partition coefficient (Wildman–Crippen LogP) is 4.67. The fourth-order valence-corrected chi connectivity index (χ4v) is 6.10. The Kier molecular flexibility index (Phi) is 6.06. The van der Waals surface area contributed by atoms with Gasteiger partial charge in [-0.15, -0.1) is 0 Å². The molecule has 30 heavy (non-hydrogen) atoms. The highest BCUT2D eigenvalue weighted by Crippen LogP contribution is 2.35. The monoisotopic (exact) mass is 408 g/mol. The van der Waals surface area contributed by atoms with E-state index in [0.717, 1.165) is 18.3 Å². The van der Waals surface area contributed by atoms with Gasteiger partial charge in [-0.05, 0) is 37.2 Å². The summed E-state index contributed by atoms with van der Waals surface area (Å²) in [7, 11) is 0. The smallest absolute Gasteiger partial charge is 0.181 e. The summed E-state index contributed by atoms with van der Waals surface area (Å²) in [6.45, 7) is 0. The summed E-state index contributed by atoms with van der Waals surface area (Å²) in [6, 6.07) is 8.62. The second kappa shape index (κ2) is 8.92. The molecule has 0 bridgehead atoms. The molecule has 4 nitrogen and oxygen atoms in total. The molecule has 2 aliphatic heterocycles. The quantitative estimate of drug-likeness (QED) is 0.484. The van der Waals surface area contributed by atoms with E-state index in [4.69, 9.17) is 0 Å². The molecule has 2 saturated carbocycles. The van der Waals surface area contributed by atoms with Crippen LogP contribution in [0.4, 0.5) is 0 Å². The van der Waals surface area contributed by atoms with Crippen molar-refractivity contribution in [1.82, 2.24) is 10.6 Å². The molecule has 4 unspecified atom stereocenters. The van der Waals surface area contributed by atoms with Crippen LogP contribution < -0.4 is 10.6 Å². The van der Waals surface area contributed by atoms with Crippen LogP contribution in [0.3, 0.4) is 0 Å². The van der Waals surface area contributed by atoms with Crippen molar-refractivity contribution in [3.8, 4) is 0 Å². The summed E-state index contributed by atoms with van der Waals surface area (Å²) in [5, 5.41) is 6.95. The van der Waals surface area contributed by atoms with Crippen LogP contribution in [-0.4, -0.2) is 35.7 Å². The van der Waals surface area contributed by atoms with Crippen molar-refractivity contribution in [2.75, 3.05) is 0 Å². The highest BCUT2D eigenvalue weighted by atomic mass is 16.1. The standard InChI is InChI=1S/C26H36N2O2/c29-23(16-22-24(27-22)18-10-5-2-6-11-18)19-12-7-13-20(15-19)26(30)25-21(28-25)14-17-8-3-1-4-9-17/h7,12-13,15,17-18,21-22,24-25,27-28H,1-6,8-11,14,16H2. The first-order valence-corrected chi connectivity index (χ1v) is 12.4. The topological polar surface area (TPSA) is 78.0 Å². The summed E-state index contributed by atoms with van der Waals surface area (Å²) in [5.41, 5.74) is 1.39. The van der Waals surface area contributed by atoms with Crippen LogP contribution in [0, 0.1) is 11.8 Å². The second-order valence-corrected chi connectivity index (χ2v) is 10.3. The van der Waals surface area contributed by atoms with Crippen LogP contribution >= 0.6 is 0 Å². The molecule has 0 spiro atoms. The number of ketones is 2. The van der Waals surface area contributed by atoms with E-state index < -0.39 is 0 Å². The highest BCUT2D eigenvalue weighted by Gasteiger charge is 2.44. The van der Waals surface area contributed by atoms with Gasteiger partial charge in [0.1, 0.15) is 0 Å². The van der Waals surface area contributed by atoms with Gasteiger partial charge in [-0.3, -0.25) is 9.59 Å². The molecule has 2 heterocycles. The van der Waals surface area contributed by atoms with Crippen molar-refractivity contribution in [3.05, 3.63) is 35.4 Å². The maximum Gasteiger partial charge on any atom is 0.181 e. The lowest BCUT2D eigenvalue weighted by atomic mass is 9.85. The van der Waals surface area contributed by atoms with Crippen molar-refractivity contribution < 1.29 is 9.59 Å². The Bertz CT molecular complexity index is 779. The molecule has 4 atom stereocenters. The van der Waals surface area contributed by atoms with E-state index in [1.54, 1.807) is 0 Å². The van der Waals surface area contributed by atoms with Crippen molar-refractivity contribution in [2.24, 2.45) is 11.8 Å². The van der Waals surface area contributed by atoms with E-state index >= 15 is 0 Å². The van der Waals surface area contributed by atoms with Gasteiger partial charge in [0, 0.05) is 35.7 Å². The van der Waals surface area contributed by atoms with Crippen LogP contribution in [0.25, 0.3) is 0 Å². The minimum absolute atomic E-state index is 0.0435. The van der Waals surface area contributed by atoms with Crippen LogP contribution in [0.2, 0.25) is 0 Å². The molecule has 2 N–H and O–H groups in total. The minimum Gasteiger partial charge on any atom is -0.307 e. The Balaban J connectivity index is 1.13. The Hall–Kier alpha value is -1.52. The first-order valence-electron chi connectivity index (χ1n) is 12.4. The average Bonchev–Trinajstić information content (AvgIpc) is 3.72. The van der Waals surface area contributed by atoms with Gasteiger partial charge in [-0.1, -0.05) is 69.6 Å². The molecule has 4 heteroatoms. The third-order valence-electron chi connectivity index (χ3n) is 8.04. The van der Waals surface area contributed by atoms with Gasteiger partial charge in [-0.2, -0.15) is 0 Å². The van der Waals surface area contributed by atoms with Gasteiger partial charge < -0.3 is 10.6 Å². The second-order valence-electron chi connectivity index (χ2n) is 10.3. The Morgan fingerprint density at radius 2 is 1.53 bits per heavy atom. The van der Waals surface area contributed by atoms with Gasteiger partial charge in [0.05, 0.1) is 6.04 Å². The number of carbonyl (C=O) groups excluding carboxylic acids is 2. The van der Waals surface area contributed by atoms with Gasteiger partial charge in [0.25, 0.3) is 0 Å². The molecular formula is C26H36N2O2. The zero-order valence-corrected chi connectivity index (χ0v) is 18.1. The predicted molar refractivity (Wildman–Crippen MR) is 119 cm³/mol. The fraction of sp³-hybridized carbons (Fsp3) is 0.692. The first kappa shape index (κ1) is 20.4. The molecule has 0 radical (unpaired) electrons. The Morgan fingerprint density at radius 1 is 0.833 bits per heavy atom. The number of benzene rings is 1. The number of rotatable bonds is 8. The molecular weight excluding hydrogens is 372 g/mol. The highest BCUT2D eigenvalue weighted by molar-refractivity contribution is 6.05. The SMILES string of the molecule is O=C(CC1NC1C1CCCCC1)c1cccc(C(=O)C2NC2CC2CCCCC2)c1. The molecule has 4 aliphatic rings. The molecule has 2 aliphatic carbocycles. The van der Waals surface area contributed by atoms with Crippen molar-refractivity contribution in [3.63, 3.8) is 0 Å².